The van der Waals surface area contributed by atoms with Crippen molar-refractivity contribution in [3.05, 3.63) is 29.8 Å². The summed E-state index contributed by atoms with van der Waals surface area (Å²) in [5.41, 5.74) is 0.286. The molecule has 0 heterocycles. The third kappa shape index (κ3) is 4.24. The maximum absolute atomic E-state index is 12.2. The molecule has 0 saturated carbocycles. The maximum atomic E-state index is 12.2. The standard InChI is InChI=1S/C11H14F3NO2/c1-2-15-9(7-16)8-5-3-4-6-10(8)17-11(12,13)14/h3-6,9,15-16H,2,7H2,1H3. The van der Waals surface area contributed by atoms with Crippen molar-refractivity contribution in [3.63, 3.8) is 0 Å². The number of benzene rings is 1. The van der Waals surface area contributed by atoms with Gasteiger partial charge in [-0.25, -0.2) is 0 Å². The number of ether oxygens (including phenoxy) is 1. The highest BCUT2D eigenvalue weighted by Gasteiger charge is 2.32. The Labute approximate surface area is 97.2 Å². The second-order valence-corrected chi connectivity index (χ2v) is 3.38. The summed E-state index contributed by atoms with van der Waals surface area (Å²) in [4.78, 5) is 0. The molecule has 96 valence electrons. The van der Waals surface area contributed by atoms with Crippen molar-refractivity contribution in [3.8, 4) is 5.75 Å². The molecular weight excluding hydrogens is 235 g/mol. The average molecular weight is 249 g/mol. The van der Waals surface area contributed by atoms with Crippen LogP contribution in [-0.2, 0) is 0 Å². The third-order valence-corrected chi connectivity index (χ3v) is 2.15. The van der Waals surface area contributed by atoms with E-state index in [1.807, 2.05) is 0 Å². The summed E-state index contributed by atoms with van der Waals surface area (Å²) in [6, 6.07) is 5.19. The molecule has 0 aromatic heterocycles. The van der Waals surface area contributed by atoms with Crippen molar-refractivity contribution in [2.45, 2.75) is 19.3 Å². The molecule has 0 spiro atoms. The molecule has 0 bridgehead atoms. The number of para-hydroxylation sites is 1. The van der Waals surface area contributed by atoms with Gasteiger partial charge >= 0.3 is 6.36 Å². The van der Waals surface area contributed by atoms with E-state index in [1.165, 1.54) is 18.2 Å². The van der Waals surface area contributed by atoms with Crippen LogP contribution >= 0.6 is 0 Å². The Bertz CT molecular complexity index is 355. The predicted octanol–water partition coefficient (Wildman–Crippen LogP) is 2.23. The predicted molar refractivity (Wildman–Crippen MR) is 56.6 cm³/mol. The molecule has 0 aliphatic rings. The molecule has 0 radical (unpaired) electrons. The van der Waals surface area contributed by atoms with Gasteiger partial charge in [-0.3, -0.25) is 0 Å². The van der Waals surface area contributed by atoms with E-state index in [2.05, 4.69) is 10.1 Å². The minimum atomic E-state index is -4.73. The van der Waals surface area contributed by atoms with Gasteiger partial charge in [0.2, 0.25) is 0 Å². The Balaban J connectivity index is 2.97. The fourth-order valence-electron chi connectivity index (χ4n) is 1.51. The van der Waals surface area contributed by atoms with Crippen LogP contribution in [0.1, 0.15) is 18.5 Å². The largest absolute Gasteiger partial charge is 0.573 e. The number of halogens is 3. The lowest BCUT2D eigenvalue weighted by Crippen LogP contribution is -2.26. The number of aliphatic hydroxyl groups excluding tert-OH is 1. The average Bonchev–Trinajstić information content (AvgIpc) is 2.25. The van der Waals surface area contributed by atoms with Crippen LogP contribution in [0.4, 0.5) is 13.2 Å². The molecule has 3 nitrogen and oxygen atoms in total. The van der Waals surface area contributed by atoms with Crippen LogP contribution in [-0.4, -0.2) is 24.6 Å². The first-order chi connectivity index (χ1) is 7.98. The van der Waals surface area contributed by atoms with Gasteiger partial charge < -0.3 is 15.2 Å². The van der Waals surface area contributed by atoms with Crippen LogP contribution in [0.2, 0.25) is 0 Å². The van der Waals surface area contributed by atoms with Crippen LogP contribution in [0.3, 0.4) is 0 Å². The number of nitrogens with one attached hydrogen (secondary N) is 1. The number of hydrogen-bond donors (Lipinski definition) is 2. The summed E-state index contributed by atoms with van der Waals surface area (Å²) in [5, 5.41) is 12.0. The molecule has 0 aliphatic heterocycles. The molecular formula is C11H14F3NO2. The van der Waals surface area contributed by atoms with E-state index in [0.717, 1.165) is 0 Å². The third-order valence-electron chi connectivity index (χ3n) is 2.15. The molecule has 1 unspecified atom stereocenters. The zero-order valence-corrected chi connectivity index (χ0v) is 9.29. The van der Waals surface area contributed by atoms with Crippen molar-refractivity contribution < 1.29 is 23.0 Å². The molecule has 17 heavy (non-hydrogen) atoms. The number of rotatable bonds is 5. The smallest absolute Gasteiger partial charge is 0.405 e. The maximum Gasteiger partial charge on any atom is 0.573 e. The number of alkyl halides is 3. The van der Waals surface area contributed by atoms with E-state index < -0.39 is 12.4 Å². The van der Waals surface area contributed by atoms with Crippen LogP contribution in [0.5, 0.6) is 5.75 Å². The second-order valence-electron chi connectivity index (χ2n) is 3.38. The quantitative estimate of drug-likeness (QED) is 0.840. The van der Waals surface area contributed by atoms with Gasteiger partial charge in [-0.15, -0.1) is 13.2 Å². The molecule has 1 rings (SSSR count). The highest BCUT2D eigenvalue weighted by atomic mass is 19.4. The van der Waals surface area contributed by atoms with Gasteiger partial charge in [0.1, 0.15) is 5.75 Å². The lowest BCUT2D eigenvalue weighted by atomic mass is 10.1. The van der Waals surface area contributed by atoms with E-state index in [1.54, 1.807) is 13.0 Å². The van der Waals surface area contributed by atoms with Gasteiger partial charge in [0, 0.05) is 5.56 Å². The van der Waals surface area contributed by atoms with Crippen LogP contribution in [0.25, 0.3) is 0 Å². The van der Waals surface area contributed by atoms with Gasteiger partial charge in [-0.2, -0.15) is 0 Å². The fraction of sp³-hybridized carbons (Fsp3) is 0.455. The topological polar surface area (TPSA) is 41.5 Å². The van der Waals surface area contributed by atoms with Gasteiger partial charge in [0.15, 0.2) is 0 Å². The van der Waals surface area contributed by atoms with Gasteiger partial charge in [0.05, 0.1) is 12.6 Å². The van der Waals surface area contributed by atoms with Crippen LogP contribution in [0.15, 0.2) is 24.3 Å². The summed E-state index contributed by atoms with van der Waals surface area (Å²) < 4.78 is 40.4. The molecule has 1 atom stereocenters. The minimum Gasteiger partial charge on any atom is -0.405 e. The summed E-state index contributed by atoms with van der Waals surface area (Å²) in [6.07, 6.45) is -4.73. The Kier molecular flexibility index (Phi) is 4.77. The summed E-state index contributed by atoms with van der Waals surface area (Å²) in [7, 11) is 0. The summed E-state index contributed by atoms with van der Waals surface area (Å²) in [6.45, 7) is 2.04. The first kappa shape index (κ1) is 13.8. The Morgan fingerprint density at radius 2 is 2.00 bits per heavy atom. The first-order valence-electron chi connectivity index (χ1n) is 5.17. The minimum absolute atomic E-state index is 0.286. The first-order valence-corrected chi connectivity index (χ1v) is 5.17. The van der Waals surface area contributed by atoms with Crippen molar-refractivity contribution in [1.29, 1.82) is 0 Å². The molecule has 0 saturated heterocycles. The molecule has 0 fully saturated rings. The number of aliphatic hydroxyl groups is 1. The molecule has 1 aromatic rings. The highest BCUT2D eigenvalue weighted by Crippen LogP contribution is 2.29. The number of hydrogen-bond acceptors (Lipinski definition) is 3. The van der Waals surface area contributed by atoms with Crippen LogP contribution < -0.4 is 10.1 Å². The molecule has 0 aliphatic carbocycles. The number of likely N-dealkylation sites (N-methyl/N-ethyl adjacent to an activating group) is 1. The normalized spacial score (nSPS) is 13.5. The van der Waals surface area contributed by atoms with Gasteiger partial charge in [0.25, 0.3) is 0 Å². The zero-order valence-electron chi connectivity index (χ0n) is 9.29. The second kappa shape index (κ2) is 5.88. The lowest BCUT2D eigenvalue weighted by Gasteiger charge is -2.19. The van der Waals surface area contributed by atoms with Crippen molar-refractivity contribution in [1.82, 2.24) is 5.32 Å². The van der Waals surface area contributed by atoms with E-state index >= 15 is 0 Å². The van der Waals surface area contributed by atoms with E-state index in [9.17, 15) is 13.2 Å². The van der Waals surface area contributed by atoms with E-state index in [4.69, 9.17) is 5.11 Å². The molecule has 6 heteroatoms. The Hall–Kier alpha value is -1.27. The molecule has 2 N–H and O–H groups in total. The lowest BCUT2D eigenvalue weighted by molar-refractivity contribution is -0.275. The zero-order chi connectivity index (χ0) is 12.9. The van der Waals surface area contributed by atoms with E-state index in [-0.39, 0.29) is 17.9 Å². The molecule has 0 amide bonds. The monoisotopic (exact) mass is 249 g/mol. The van der Waals surface area contributed by atoms with Crippen molar-refractivity contribution in [2.75, 3.05) is 13.2 Å². The van der Waals surface area contributed by atoms with Crippen LogP contribution in [0, 0.1) is 0 Å². The summed E-state index contributed by atoms with van der Waals surface area (Å²) in [5.74, 6) is -0.292. The summed E-state index contributed by atoms with van der Waals surface area (Å²) >= 11 is 0. The highest BCUT2D eigenvalue weighted by molar-refractivity contribution is 5.36. The Morgan fingerprint density at radius 3 is 2.53 bits per heavy atom. The van der Waals surface area contributed by atoms with Crippen molar-refractivity contribution in [2.24, 2.45) is 0 Å². The molecule has 1 aromatic carbocycles. The Morgan fingerprint density at radius 1 is 1.35 bits per heavy atom. The van der Waals surface area contributed by atoms with Gasteiger partial charge in [-0.1, -0.05) is 25.1 Å². The fourth-order valence-corrected chi connectivity index (χ4v) is 1.51. The van der Waals surface area contributed by atoms with Crippen molar-refractivity contribution >= 4 is 0 Å². The van der Waals surface area contributed by atoms with Gasteiger partial charge in [-0.05, 0) is 12.6 Å². The SMILES string of the molecule is CCNC(CO)c1ccccc1OC(F)(F)F. The van der Waals surface area contributed by atoms with E-state index in [0.29, 0.717) is 6.54 Å².